The van der Waals surface area contributed by atoms with Crippen LogP contribution in [0.5, 0.6) is 5.88 Å². The Morgan fingerprint density at radius 1 is 0.955 bits per heavy atom. The largest absolute Gasteiger partial charge is 0.477 e. The second-order valence-electron chi connectivity index (χ2n) is 4.85. The van der Waals surface area contributed by atoms with Crippen LogP contribution in [0.25, 0.3) is 11.1 Å². The molecule has 0 aliphatic rings. The third-order valence-corrected chi connectivity index (χ3v) is 3.28. The monoisotopic (exact) mass is 294 g/mol. The van der Waals surface area contributed by atoms with E-state index in [1.165, 1.54) is 12.1 Å². The van der Waals surface area contributed by atoms with E-state index >= 15 is 0 Å². The van der Waals surface area contributed by atoms with Crippen molar-refractivity contribution in [2.45, 2.75) is 6.42 Å². The molecule has 0 aliphatic heterocycles. The van der Waals surface area contributed by atoms with Crippen molar-refractivity contribution in [2.75, 3.05) is 6.61 Å². The van der Waals surface area contributed by atoms with Crippen LogP contribution in [0.1, 0.15) is 5.56 Å². The van der Waals surface area contributed by atoms with Crippen LogP contribution in [-0.2, 0) is 6.42 Å². The number of nitrogens with zero attached hydrogens (tertiary/aromatic N) is 2. The third kappa shape index (κ3) is 3.67. The number of pyridine rings is 2. The molecule has 110 valence electrons. The molecule has 0 unspecified atom stereocenters. The van der Waals surface area contributed by atoms with Gasteiger partial charge in [-0.15, -0.1) is 0 Å². The van der Waals surface area contributed by atoms with Crippen molar-refractivity contribution < 1.29 is 9.13 Å². The van der Waals surface area contributed by atoms with Gasteiger partial charge in [0, 0.05) is 36.6 Å². The summed E-state index contributed by atoms with van der Waals surface area (Å²) in [6.45, 7) is 0.495. The van der Waals surface area contributed by atoms with Crippen molar-refractivity contribution in [3.8, 4) is 17.0 Å². The van der Waals surface area contributed by atoms with Crippen LogP contribution in [0.3, 0.4) is 0 Å². The maximum Gasteiger partial charge on any atom is 0.213 e. The molecule has 4 heteroatoms. The number of ether oxygens (including phenoxy) is 1. The van der Waals surface area contributed by atoms with Crippen LogP contribution in [0.4, 0.5) is 4.39 Å². The van der Waals surface area contributed by atoms with Crippen LogP contribution in [-0.4, -0.2) is 16.6 Å². The summed E-state index contributed by atoms with van der Waals surface area (Å²) in [4.78, 5) is 8.32. The molecule has 0 fully saturated rings. The highest BCUT2D eigenvalue weighted by atomic mass is 19.1. The predicted molar refractivity (Wildman–Crippen MR) is 83.1 cm³/mol. The van der Waals surface area contributed by atoms with E-state index in [0.29, 0.717) is 18.9 Å². The van der Waals surface area contributed by atoms with Gasteiger partial charge in [0.25, 0.3) is 0 Å². The highest BCUT2D eigenvalue weighted by molar-refractivity contribution is 5.62. The zero-order valence-electron chi connectivity index (χ0n) is 11.9. The SMILES string of the molecule is Fc1ccc(CCOc2cc(-c3cccnc3)ccn2)cc1. The Bertz CT molecular complexity index is 730. The van der Waals surface area contributed by atoms with Crippen molar-refractivity contribution in [1.29, 1.82) is 0 Å². The first-order valence-corrected chi connectivity index (χ1v) is 7.05. The molecule has 2 heterocycles. The predicted octanol–water partition coefficient (Wildman–Crippen LogP) is 3.90. The van der Waals surface area contributed by atoms with E-state index in [2.05, 4.69) is 9.97 Å². The first-order valence-electron chi connectivity index (χ1n) is 7.05. The molecule has 3 nitrogen and oxygen atoms in total. The summed E-state index contributed by atoms with van der Waals surface area (Å²) in [6, 6.07) is 14.1. The fourth-order valence-electron chi connectivity index (χ4n) is 2.13. The van der Waals surface area contributed by atoms with Crippen LogP contribution in [0.2, 0.25) is 0 Å². The molecule has 0 aliphatic carbocycles. The standard InChI is InChI=1S/C18H15FN2O/c19-17-5-3-14(4-6-17)8-11-22-18-12-15(7-10-21-18)16-2-1-9-20-13-16/h1-7,9-10,12-13H,8,11H2. The van der Waals surface area contributed by atoms with E-state index in [-0.39, 0.29) is 5.82 Å². The highest BCUT2D eigenvalue weighted by Gasteiger charge is 2.02. The number of halogens is 1. The van der Waals surface area contributed by atoms with Gasteiger partial charge in [-0.2, -0.15) is 0 Å². The van der Waals surface area contributed by atoms with Crippen molar-refractivity contribution >= 4 is 0 Å². The van der Waals surface area contributed by atoms with E-state index in [9.17, 15) is 4.39 Å². The molecule has 0 saturated heterocycles. The zero-order valence-corrected chi connectivity index (χ0v) is 11.9. The lowest BCUT2D eigenvalue weighted by molar-refractivity contribution is 0.309. The Morgan fingerprint density at radius 2 is 1.82 bits per heavy atom. The smallest absolute Gasteiger partial charge is 0.213 e. The first kappa shape index (κ1) is 14.2. The molecule has 0 N–H and O–H groups in total. The Hall–Kier alpha value is -2.75. The Morgan fingerprint density at radius 3 is 2.59 bits per heavy atom. The van der Waals surface area contributed by atoms with Crippen molar-refractivity contribution in [2.24, 2.45) is 0 Å². The molecule has 22 heavy (non-hydrogen) atoms. The van der Waals surface area contributed by atoms with Crippen molar-refractivity contribution in [3.05, 3.63) is 78.5 Å². The van der Waals surface area contributed by atoms with Gasteiger partial charge in [-0.3, -0.25) is 4.98 Å². The number of hydrogen-bond acceptors (Lipinski definition) is 3. The van der Waals surface area contributed by atoms with Gasteiger partial charge in [0.15, 0.2) is 0 Å². The first-order chi connectivity index (χ1) is 10.8. The minimum atomic E-state index is -0.226. The van der Waals surface area contributed by atoms with Gasteiger partial charge in [-0.1, -0.05) is 18.2 Å². The summed E-state index contributed by atoms with van der Waals surface area (Å²) in [5.41, 5.74) is 3.07. The average molecular weight is 294 g/mol. The van der Waals surface area contributed by atoms with Gasteiger partial charge in [0.05, 0.1) is 6.61 Å². The normalized spacial score (nSPS) is 10.4. The number of aromatic nitrogens is 2. The minimum absolute atomic E-state index is 0.226. The Kier molecular flexibility index (Phi) is 4.39. The molecule has 0 radical (unpaired) electrons. The van der Waals surface area contributed by atoms with E-state index < -0.39 is 0 Å². The van der Waals surface area contributed by atoms with Gasteiger partial charge in [-0.05, 0) is 35.4 Å². The van der Waals surface area contributed by atoms with Crippen LogP contribution >= 0.6 is 0 Å². The topological polar surface area (TPSA) is 35.0 Å². The van der Waals surface area contributed by atoms with Gasteiger partial charge in [0.1, 0.15) is 5.82 Å². The second kappa shape index (κ2) is 6.80. The number of hydrogen-bond donors (Lipinski definition) is 0. The fourth-order valence-corrected chi connectivity index (χ4v) is 2.13. The van der Waals surface area contributed by atoms with Gasteiger partial charge >= 0.3 is 0 Å². The van der Waals surface area contributed by atoms with Crippen LogP contribution in [0.15, 0.2) is 67.1 Å². The van der Waals surface area contributed by atoms with E-state index in [1.54, 1.807) is 30.7 Å². The molecule has 3 aromatic rings. The van der Waals surface area contributed by atoms with Crippen LogP contribution < -0.4 is 4.74 Å². The Balaban J connectivity index is 1.62. The van der Waals surface area contributed by atoms with Gasteiger partial charge in [-0.25, -0.2) is 9.37 Å². The quantitative estimate of drug-likeness (QED) is 0.715. The Labute approximate surface area is 128 Å². The molecular weight excluding hydrogens is 279 g/mol. The summed E-state index contributed by atoms with van der Waals surface area (Å²) in [6.07, 6.45) is 5.97. The molecule has 3 rings (SSSR count). The molecule has 0 atom stereocenters. The highest BCUT2D eigenvalue weighted by Crippen LogP contribution is 2.21. The lowest BCUT2D eigenvalue weighted by atomic mass is 10.1. The molecule has 0 saturated carbocycles. The zero-order chi connectivity index (χ0) is 15.2. The molecular formula is C18H15FN2O. The minimum Gasteiger partial charge on any atom is -0.477 e. The van der Waals surface area contributed by atoms with E-state index in [0.717, 1.165) is 16.7 Å². The average Bonchev–Trinajstić information content (AvgIpc) is 2.58. The second-order valence-corrected chi connectivity index (χ2v) is 4.85. The lowest BCUT2D eigenvalue weighted by Crippen LogP contribution is -2.02. The fraction of sp³-hybridized carbons (Fsp3) is 0.111. The lowest BCUT2D eigenvalue weighted by Gasteiger charge is -2.07. The third-order valence-electron chi connectivity index (χ3n) is 3.28. The van der Waals surface area contributed by atoms with Gasteiger partial charge in [0.2, 0.25) is 5.88 Å². The van der Waals surface area contributed by atoms with E-state index in [4.69, 9.17) is 4.74 Å². The molecule has 0 amide bonds. The number of rotatable bonds is 5. The van der Waals surface area contributed by atoms with Crippen molar-refractivity contribution in [3.63, 3.8) is 0 Å². The summed E-state index contributed by atoms with van der Waals surface area (Å²) >= 11 is 0. The maximum absolute atomic E-state index is 12.8. The van der Waals surface area contributed by atoms with Gasteiger partial charge < -0.3 is 4.74 Å². The molecule has 1 aromatic carbocycles. The molecule has 2 aromatic heterocycles. The molecule has 0 bridgehead atoms. The van der Waals surface area contributed by atoms with E-state index in [1.807, 2.05) is 24.3 Å². The maximum atomic E-state index is 12.8. The summed E-state index contributed by atoms with van der Waals surface area (Å²) in [5.74, 6) is 0.346. The summed E-state index contributed by atoms with van der Waals surface area (Å²) < 4.78 is 18.5. The van der Waals surface area contributed by atoms with Crippen LogP contribution in [0, 0.1) is 5.82 Å². The summed E-state index contributed by atoms with van der Waals surface area (Å²) in [7, 11) is 0. The number of benzene rings is 1. The van der Waals surface area contributed by atoms with Crippen molar-refractivity contribution in [1.82, 2.24) is 9.97 Å². The summed E-state index contributed by atoms with van der Waals surface area (Å²) in [5, 5.41) is 0. The molecule has 0 spiro atoms.